The Balaban J connectivity index is 1.61. The normalized spacial score (nSPS) is 24.8. The third kappa shape index (κ3) is 4.28. The lowest BCUT2D eigenvalue weighted by Gasteiger charge is -2.49. The van der Waals surface area contributed by atoms with Crippen molar-refractivity contribution >= 4 is 21.9 Å². The number of hydrogen-bond donors (Lipinski definition) is 2. The van der Waals surface area contributed by atoms with Crippen LogP contribution in [0.1, 0.15) is 28.5 Å². The minimum atomic E-state index is -3.84. The van der Waals surface area contributed by atoms with Crippen LogP contribution in [0.2, 0.25) is 0 Å². The van der Waals surface area contributed by atoms with Crippen molar-refractivity contribution in [3.8, 4) is 0 Å². The molecule has 0 aliphatic carbocycles. The average Bonchev–Trinajstić information content (AvgIpc) is 2.72. The molecule has 2 saturated heterocycles. The predicted molar refractivity (Wildman–Crippen MR) is 120 cm³/mol. The summed E-state index contributed by atoms with van der Waals surface area (Å²) in [5.41, 5.74) is 2.26. The number of piperazine rings is 1. The van der Waals surface area contributed by atoms with E-state index in [9.17, 15) is 13.2 Å². The fourth-order valence-corrected chi connectivity index (χ4v) is 6.20. The Hall–Kier alpha value is -2.37. The van der Waals surface area contributed by atoms with Crippen molar-refractivity contribution < 1.29 is 23.1 Å². The quantitative estimate of drug-likeness (QED) is 0.602. The van der Waals surface area contributed by atoms with Crippen molar-refractivity contribution in [1.29, 1.82) is 0 Å². The Morgan fingerprint density at radius 1 is 1.31 bits per heavy atom. The summed E-state index contributed by atoms with van der Waals surface area (Å²) >= 11 is 0. The summed E-state index contributed by atoms with van der Waals surface area (Å²) < 4.78 is 35.4. The van der Waals surface area contributed by atoms with Crippen LogP contribution in [0.5, 0.6) is 0 Å². The summed E-state index contributed by atoms with van der Waals surface area (Å²) in [6.45, 7) is 6.89. The molecule has 0 radical (unpaired) electrons. The second kappa shape index (κ2) is 8.87. The number of aryl methyl sites for hydroxylation is 1. The van der Waals surface area contributed by atoms with Gasteiger partial charge in [0.1, 0.15) is 18.8 Å². The first-order valence-electron chi connectivity index (χ1n) is 10.7. The average molecular weight is 462 g/mol. The molecule has 4 rings (SSSR count). The summed E-state index contributed by atoms with van der Waals surface area (Å²) in [4.78, 5) is 17.5. The lowest BCUT2D eigenvalue weighted by atomic mass is 10.1. The highest BCUT2D eigenvalue weighted by Crippen LogP contribution is 2.33. The molecule has 2 aromatic rings. The zero-order chi connectivity index (χ0) is 22.9. The molecule has 1 aromatic carbocycles. The number of pyridine rings is 1. The molecule has 0 spiro atoms. The van der Waals surface area contributed by atoms with Crippen LogP contribution in [0.15, 0.2) is 42.6 Å². The topological polar surface area (TPSA) is 109 Å². The number of carbonyl (C=O) groups is 1. The van der Waals surface area contributed by atoms with Gasteiger partial charge in [-0.05, 0) is 31.5 Å². The van der Waals surface area contributed by atoms with Gasteiger partial charge in [0, 0.05) is 18.3 Å². The van der Waals surface area contributed by atoms with Gasteiger partial charge in [0.25, 0.3) is 0 Å². The molecule has 2 aliphatic heterocycles. The van der Waals surface area contributed by atoms with Crippen LogP contribution >= 0.6 is 0 Å². The molecule has 2 atom stereocenters. The maximum Gasteiger partial charge on any atom is 0.375 e. The van der Waals surface area contributed by atoms with E-state index in [1.165, 1.54) is 18.3 Å². The number of carboxylic acids is 1. The van der Waals surface area contributed by atoms with Gasteiger partial charge in [-0.3, -0.25) is 9.88 Å². The number of carboxylic acid groups (broad SMARTS) is 1. The Kier molecular flexibility index (Phi) is 6.33. The van der Waals surface area contributed by atoms with E-state index < -0.39 is 16.2 Å². The molecule has 0 amide bonds. The van der Waals surface area contributed by atoms with Gasteiger partial charge in [-0.2, -0.15) is 17.0 Å². The van der Waals surface area contributed by atoms with Crippen molar-refractivity contribution in [2.45, 2.75) is 32.5 Å². The number of nitrogens with zero attached hydrogens (tertiary/aromatic N) is 3. The van der Waals surface area contributed by atoms with Crippen LogP contribution in [-0.4, -0.2) is 74.3 Å². The monoisotopic (exact) mass is 461 g/mol. The van der Waals surface area contributed by atoms with Gasteiger partial charge < -0.3 is 9.84 Å². The molecule has 3 heterocycles. The molecule has 2 aliphatic rings. The largest absolute Gasteiger partial charge is 0.478 e. The first-order valence-corrected chi connectivity index (χ1v) is 12.1. The van der Waals surface area contributed by atoms with E-state index >= 15 is 0 Å². The van der Waals surface area contributed by atoms with Gasteiger partial charge in [0.2, 0.25) is 0 Å². The Morgan fingerprint density at radius 2 is 2.09 bits per heavy atom. The highest BCUT2D eigenvalue weighted by Gasteiger charge is 2.50. The van der Waals surface area contributed by atoms with E-state index in [0.29, 0.717) is 44.6 Å². The molecule has 0 saturated carbocycles. The lowest BCUT2D eigenvalue weighted by molar-refractivity contribution is -0.0868. The maximum atomic E-state index is 13.8. The molecule has 1 aromatic heterocycles. The fraction of sp³-hybridized carbons (Fsp3) is 0.455. The lowest BCUT2D eigenvalue weighted by Crippen LogP contribution is -2.71. The van der Waals surface area contributed by atoms with Gasteiger partial charge in [-0.15, -0.1) is 0 Å². The third-order valence-corrected chi connectivity index (χ3v) is 8.35. The van der Waals surface area contributed by atoms with E-state index in [1.54, 1.807) is 0 Å². The second-order valence-corrected chi connectivity index (χ2v) is 10.5. The van der Waals surface area contributed by atoms with Gasteiger partial charge >= 0.3 is 16.2 Å². The zero-order valence-electron chi connectivity index (χ0n) is 18.3. The van der Waals surface area contributed by atoms with Crippen LogP contribution < -0.4 is 8.61 Å². The first-order chi connectivity index (χ1) is 15.2. The minimum absolute atomic E-state index is 0.0113. The van der Waals surface area contributed by atoms with Crippen LogP contribution in [0.3, 0.4) is 0 Å². The number of hydrogen-bond acceptors (Lipinski definition) is 6. The highest BCUT2D eigenvalue weighted by atomic mass is 32.2. The van der Waals surface area contributed by atoms with E-state index in [0.717, 1.165) is 11.3 Å². The summed E-state index contributed by atoms with van der Waals surface area (Å²) in [6, 6.07) is 11.0. The maximum absolute atomic E-state index is 13.8. The van der Waals surface area contributed by atoms with Crippen molar-refractivity contribution in [2.75, 3.05) is 32.8 Å². The Labute approximate surface area is 188 Å². The van der Waals surface area contributed by atoms with Crippen molar-refractivity contribution in [3.05, 3.63) is 59.4 Å². The van der Waals surface area contributed by atoms with Gasteiger partial charge in [0.15, 0.2) is 0 Å². The molecular formula is C22H29N4O5S+. The van der Waals surface area contributed by atoms with Crippen LogP contribution in [0.4, 0.5) is 5.69 Å². The molecule has 10 heteroatoms. The molecular weight excluding hydrogens is 432 g/mol. The number of ether oxygens (including phenoxy) is 1. The second-order valence-electron chi connectivity index (χ2n) is 8.55. The smallest absolute Gasteiger partial charge is 0.375 e. The minimum Gasteiger partial charge on any atom is -0.478 e. The van der Waals surface area contributed by atoms with Crippen molar-refractivity contribution in [1.82, 2.24) is 18.5 Å². The van der Waals surface area contributed by atoms with Crippen LogP contribution in [-0.2, 0) is 21.5 Å². The molecule has 2 N–H and O–H groups in total. The third-order valence-electron chi connectivity index (χ3n) is 6.37. The summed E-state index contributed by atoms with van der Waals surface area (Å²) in [5, 5.41) is 9.03. The molecule has 2 fully saturated rings. The highest BCUT2D eigenvalue weighted by molar-refractivity contribution is 7.89. The number of nitrogens with one attached hydrogen (secondary N) is 1. The molecule has 32 heavy (non-hydrogen) atoms. The fourth-order valence-electron chi connectivity index (χ4n) is 4.49. The number of aromatic carboxylic acids is 1. The van der Waals surface area contributed by atoms with Crippen LogP contribution in [0.25, 0.3) is 0 Å². The molecule has 9 nitrogen and oxygen atoms in total. The standard InChI is InChI=1S/C22H28N4O5S/c1-16-4-3-5-21(10-16)26(9-8-25(17(2)13-26)20-14-31-15-20)32(29,30)24-12-19-7-6-18(11-23-19)22(27)28/h3-7,10-11,17,20,24H,8-9,12-15H2,1-2H3/p+1/t17?,26-/m0/s1. The summed E-state index contributed by atoms with van der Waals surface area (Å²) in [5.74, 6) is -1.07. The number of aromatic nitrogens is 1. The molecule has 172 valence electrons. The summed E-state index contributed by atoms with van der Waals surface area (Å²) in [6.07, 6.45) is 1.23. The van der Waals surface area contributed by atoms with Crippen LogP contribution in [0, 0.1) is 6.92 Å². The van der Waals surface area contributed by atoms with E-state index in [4.69, 9.17) is 9.84 Å². The SMILES string of the molecule is Cc1cccc([N@+]2(S(=O)(=O)NCc3ccc(C(=O)O)cn3)CCN(C3COC3)C(C)C2)c1. The Bertz CT molecular complexity index is 1090. The summed E-state index contributed by atoms with van der Waals surface area (Å²) in [7, 11) is -3.84. The number of quaternary nitrogens is 1. The Morgan fingerprint density at radius 3 is 2.66 bits per heavy atom. The van der Waals surface area contributed by atoms with Gasteiger partial charge in [0.05, 0.1) is 49.6 Å². The van der Waals surface area contributed by atoms with E-state index in [-0.39, 0.29) is 22.0 Å². The van der Waals surface area contributed by atoms with Crippen molar-refractivity contribution in [3.63, 3.8) is 0 Å². The van der Waals surface area contributed by atoms with E-state index in [2.05, 4.69) is 21.5 Å². The molecule has 1 unspecified atom stereocenters. The van der Waals surface area contributed by atoms with E-state index in [1.807, 2.05) is 31.2 Å². The van der Waals surface area contributed by atoms with Gasteiger partial charge in [-0.1, -0.05) is 12.1 Å². The zero-order valence-corrected chi connectivity index (χ0v) is 19.1. The number of benzene rings is 1. The van der Waals surface area contributed by atoms with Gasteiger partial charge in [-0.25, -0.2) is 4.79 Å². The predicted octanol–water partition coefficient (Wildman–Crippen LogP) is 1.53. The molecule has 0 bridgehead atoms. The first kappa shape index (κ1) is 22.8. The van der Waals surface area contributed by atoms with Crippen molar-refractivity contribution in [2.24, 2.45) is 0 Å². The number of rotatable bonds is 7.